The third-order valence-corrected chi connectivity index (χ3v) is 6.33. The van der Waals surface area contributed by atoms with E-state index in [1.807, 2.05) is 13.0 Å². The summed E-state index contributed by atoms with van der Waals surface area (Å²) in [6.07, 6.45) is 0.493. The molecule has 1 aliphatic heterocycles. The Bertz CT molecular complexity index is 748. The van der Waals surface area contributed by atoms with Gasteiger partial charge in [-0.1, -0.05) is 0 Å². The fourth-order valence-electron chi connectivity index (χ4n) is 3.00. The van der Waals surface area contributed by atoms with Crippen molar-refractivity contribution in [3.63, 3.8) is 0 Å². The second-order valence-corrected chi connectivity index (χ2v) is 8.62. The van der Waals surface area contributed by atoms with Gasteiger partial charge in [-0.15, -0.1) is 0 Å². The summed E-state index contributed by atoms with van der Waals surface area (Å²) in [6.45, 7) is 3.67. The maximum Gasteiger partial charge on any atom is 0.244 e. The minimum atomic E-state index is -3.03. The van der Waals surface area contributed by atoms with Crippen molar-refractivity contribution < 1.29 is 22.7 Å². The largest absolute Gasteiger partial charge is 0.493 e. The van der Waals surface area contributed by atoms with E-state index in [1.165, 1.54) is 4.90 Å². The number of nitrogens with zero attached hydrogens (tertiary/aromatic N) is 1. The maximum atomic E-state index is 12.6. The van der Waals surface area contributed by atoms with Crippen LogP contribution in [0.4, 0.5) is 5.69 Å². The molecule has 1 heterocycles. The number of carbonyl (C=O) groups excluding carboxylic acids is 1. The zero-order chi connectivity index (χ0) is 18.8. The Morgan fingerprint density at radius 1 is 1.28 bits per heavy atom. The van der Waals surface area contributed by atoms with E-state index in [9.17, 15) is 13.2 Å². The summed E-state index contributed by atoms with van der Waals surface area (Å²) in [5, 5.41) is 3.18. The highest BCUT2D eigenvalue weighted by atomic mass is 32.2. The van der Waals surface area contributed by atoms with Crippen LogP contribution in [0.5, 0.6) is 11.5 Å². The van der Waals surface area contributed by atoms with Crippen molar-refractivity contribution in [2.75, 3.05) is 38.1 Å². The van der Waals surface area contributed by atoms with Crippen LogP contribution in [0.2, 0.25) is 0 Å². The molecule has 0 radical (unpaired) electrons. The molecule has 0 aromatic heterocycles. The molecular formula is C17H26N2O5S. The van der Waals surface area contributed by atoms with Crippen LogP contribution in [0.15, 0.2) is 12.1 Å². The third-order valence-electron chi connectivity index (χ3n) is 4.58. The molecule has 1 aromatic rings. The molecular weight excluding hydrogens is 344 g/mol. The predicted molar refractivity (Wildman–Crippen MR) is 97.2 cm³/mol. The van der Waals surface area contributed by atoms with Gasteiger partial charge in [0.05, 0.1) is 25.7 Å². The molecule has 2 atom stereocenters. The van der Waals surface area contributed by atoms with E-state index in [-0.39, 0.29) is 23.5 Å². The van der Waals surface area contributed by atoms with Gasteiger partial charge < -0.3 is 19.7 Å². The zero-order valence-electron chi connectivity index (χ0n) is 15.3. The quantitative estimate of drug-likeness (QED) is 0.816. The standard InChI is InChI=1S/C17H26N2O5S/c1-11-8-15(23-4)16(24-5)9-14(11)18-12(2)17(20)19(3)13-6-7-25(21,22)10-13/h8-9,12-13,18H,6-7,10H2,1-5H3/t12-,13+/m1/s1. The Balaban J connectivity index is 2.11. The number of likely N-dealkylation sites (N-methyl/N-ethyl adjacent to an activating group) is 1. The monoisotopic (exact) mass is 370 g/mol. The van der Waals surface area contributed by atoms with Gasteiger partial charge in [-0.25, -0.2) is 8.42 Å². The topological polar surface area (TPSA) is 84.9 Å². The summed E-state index contributed by atoms with van der Waals surface area (Å²) >= 11 is 0. The summed E-state index contributed by atoms with van der Waals surface area (Å²) in [7, 11) is 1.76. The van der Waals surface area contributed by atoms with Crippen molar-refractivity contribution in [3.05, 3.63) is 17.7 Å². The lowest BCUT2D eigenvalue weighted by molar-refractivity contribution is -0.132. The van der Waals surface area contributed by atoms with Crippen molar-refractivity contribution in [1.82, 2.24) is 4.90 Å². The molecule has 25 heavy (non-hydrogen) atoms. The van der Waals surface area contributed by atoms with Crippen molar-refractivity contribution in [2.24, 2.45) is 0 Å². The predicted octanol–water partition coefficient (Wildman–Crippen LogP) is 1.46. The minimum absolute atomic E-state index is 0.0390. The van der Waals surface area contributed by atoms with Crippen LogP contribution in [0.1, 0.15) is 18.9 Å². The Labute approximate surface area is 149 Å². The molecule has 140 valence electrons. The van der Waals surface area contributed by atoms with E-state index < -0.39 is 15.9 Å². The van der Waals surface area contributed by atoms with Gasteiger partial charge in [0.2, 0.25) is 5.91 Å². The summed E-state index contributed by atoms with van der Waals surface area (Å²) in [6, 6.07) is 2.88. The molecule has 1 amide bonds. The number of nitrogens with one attached hydrogen (secondary N) is 1. The summed E-state index contributed by atoms with van der Waals surface area (Å²) in [5.41, 5.74) is 1.69. The highest BCUT2D eigenvalue weighted by Crippen LogP contribution is 2.33. The zero-order valence-corrected chi connectivity index (χ0v) is 16.1. The molecule has 7 nitrogen and oxygen atoms in total. The first-order valence-electron chi connectivity index (χ1n) is 8.14. The lowest BCUT2D eigenvalue weighted by Crippen LogP contribution is -2.45. The van der Waals surface area contributed by atoms with Gasteiger partial charge in [0.1, 0.15) is 6.04 Å². The maximum absolute atomic E-state index is 12.6. The Morgan fingerprint density at radius 3 is 2.40 bits per heavy atom. The number of anilines is 1. The van der Waals surface area contributed by atoms with Crippen LogP contribution >= 0.6 is 0 Å². The first-order valence-corrected chi connectivity index (χ1v) is 9.97. The molecule has 8 heteroatoms. The van der Waals surface area contributed by atoms with Crippen LogP contribution < -0.4 is 14.8 Å². The fourth-order valence-corrected chi connectivity index (χ4v) is 4.77. The molecule has 0 spiro atoms. The number of methoxy groups -OCH3 is 2. The molecule has 2 rings (SSSR count). The first-order chi connectivity index (χ1) is 11.7. The second kappa shape index (κ2) is 7.51. The fraction of sp³-hybridized carbons (Fsp3) is 0.588. The molecule has 1 N–H and O–H groups in total. The number of ether oxygens (including phenoxy) is 2. The van der Waals surface area contributed by atoms with Gasteiger partial charge in [0.25, 0.3) is 0 Å². The second-order valence-electron chi connectivity index (χ2n) is 6.39. The van der Waals surface area contributed by atoms with Crippen LogP contribution in [0.3, 0.4) is 0 Å². The molecule has 1 saturated heterocycles. The highest BCUT2D eigenvalue weighted by Gasteiger charge is 2.34. The van der Waals surface area contributed by atoms with Gasteiger partial charge >= 0.3 is 0 Å². The number of sulfone groups is 1. The van der Waals surface area contributed by atoms with Gasteiger partial charge in [0.15, 0.2) is 21.3 Å². The normalized spacial score (nSPS) is 20.0. The van der Waals surface area contributed by atoms with E-state index in [0.717, 1.165) is 11.3 Å². The van der Waals surface area contributed by atoms with Crippen molar-refractivity contribution in [2.45, 2.75) is 32.4 Å². The molecule has 1 fully saturated rings. The number of amides is 1. The van der Waals surface area contributed by atoms with Crippen LogP contribution in [0.25, 0.3) is 0 Å². The lowest BCUT2D eigenvalue weighted by atomic mass is 10.1. The average Bonchev–Trinajstić information content (AvgIpc) is 2.94. The van der Waals surface area contributed by atoms with Crippen LogP contribution in [-0.4, -0.2) is 64.1 Å². The van der Waals surface area contributed by atoms with E-state index in [4.69, 9.17) is 9.47 Å². The number of hydrogen-bond acceptors (Lipinski definition) is 6. The van der Waals surface area contributed by atoms with Crippen LogP contribution in [0, 0.1) is 6.92 Å². The van der Waals surface area contributed by atoms with Gasteiger partial charge in [-0.2, -0.15) is 0 Å². The summed E-state index contributed by atoms with van der Waals surface area (Å²) < 4.78 is 33.8. The Morgan fingerprint density at radius 2 is 1.88 bits per heavy atom. The SMILES string of the molecule is COc1cc(C)c(N[C@H](C)C(=O)N(C)[C@H]2CCS(=O)(=O)C2)cc1OC. The molecule has 0 saturated carbocycles. The summed E-state index contributed by atoms with van der Waals surface area (Å²) in [5.74, 6) is 1.24. The van der Waals surface area contributed by atoms with E-state index >= 15 is 0 Å². The molecule has 0 aliphatic carbocycles. The number of benzene rings is 1. The average molecular weight is 370 g/mol. The Kier molecular flexibility index (Phi) is 5.82. The molecule has 1 aliphatic rings. The molecule has 0 unspecified atom stereocenters. The highest BCUT2D eigenvalue weighted by molar-refractivity contribution is 7.91. The van der Waals surface area contributed by atoms with Crippen LogP contribution in [-0.2, 0) is 14.6 Å². The van der Waals surface area contributed by atoms with Gasteiger partial charge in [0, 0.05) is 24.8 Å². The molecule has 1 aromatic carbocycles. The summed E-state index contributed by atoms with van der Waals surface area (Å²) in [4.78, 5) is 14.2. The van der Waals surface area contributed by atoms with Crippen molar-refractivity contribution in [1.29, 1.82) is 0 Å². The number of rotatable bonds is 6. The van der Waals surface area contributed by atoms with Crippen molar-refractivity contribution >= 4 is 21.4 Å². The van der Waals surface area contributed by atoms with Gasteiger partial charge in [-0.3, -0.25) is 4.79 Å². The van der Waals surface area contributed by atoms with E-state index in [0.29, 0.717) is 17.9 Å². The lowest BCUT2D eigenvalue weighted by Gasteiger charge is -2.28. The smallest absolute Gasteiger partial charge is 0.244 e. The minimum Gasteiger partial charge on any atom is -0.493 e. The number of carbonyl (C=O) groups is 1. The van der Waals surface area contributed by atoms with Gasteiger partial charge in [-0.05, 0) is 31.9 Å². The number of aryl methyl sites for hydroxylation is 1. The Hall–Kier alpha value is -1.96. The van der Waals surface area contributed by atoms with E-state index in [1.54, 1.807) is 34.3 Å². The van der Waals surface area contributed by atoms with Crippen molar-refractivity contribution in [3.8, 4) is 11.5 Å². The third kappa shape index (κ3) is 4.36. The molecule has 0 bridgehead atoms. The first kappa shape index (κ1) is 19.4. The number of hydrogen-bond donors (Lipinski definition) is 1. The van der Waals surface area contributed by atoms with E-state index in [2.05, 4.69) is 5.32 Å².